The molecule has 1 aromatic heterocycles. The molecule has 134 valence electrons. The van der Waals surface area contributed by atoms with Crippen LogP contribution in [0.5, 0.6) is 5.75 Å². The maximum Gasteiger partial charge on any atom is 0.341 e. The first kappa shape index (κ1) is 18.0. The van der Waals surface area contributed by atoms with Crippen LogP contribution in [0.4, 0.5) is 5.82 Å². The number of benzene rings is 2. The molecule has 6 heteroatoms. The van der Waals surface area contributed by atoms with Gasteiger partial charge in [0.25, 0.3) is 0 Å². The molecule has 3 aromatic rings. The van der Waals surface area contributed by atoms with Crippen LogP contribution < -0.4 is 10.5 Å². The van der Waals surface area contributed by atoms with Gasteiger partial charge in [0.05, 0.1) is 5.69 Å². The quantitative estimate of drug-likeness (QED) is 0.720. The van der Waals surface area contributed by atoms with Crippen molar-refractivity contribution in [3.8, 4) is 34.2 Å². The van der Waals surface area contributed by atoms with Crippen LogP contribution in [0.3, 0.4) is 0 Å². The number of aryl methyl sites for hydroxylation is 1. The molecule has 0 saturated heterocycles. The zero-order valence-corrected chi connectivity index (χ0v) is 14.6. The van der Waals surface area contributed by atoms with E-state index in [2.05, 4.69) is 11.1 Å². The molecule has 27 heavy (non-hydrogen) atoms. The van der Waals surface area contributed by atoms with Crippen molar-refractivity contribution >= 4 is 11.8 Å². The average molecular weight is 359 g/mol. The van der Waals surface area contributed by atoms with Crippen LogP contribution in [0, 0.1) is 18.3 Å². The molecule has 1 heterocycles. The summed E-state index contributed by atoms with van der Waals surface area (Å²) >= 11 is 0. The van der Waals surface area contributed by atoms with E-state index in [4.69, 9.17) is 15.6 Å². The molecule has 0 aliphatic carbocycles. The van der Waals surface area contributed by atoms with Crippen molar-refractivity contribution in [2.45, 2.75) is 6.92 Å². The third kappa shape index (κ3) is 3.88. The second-order valence-corrected chi connectivity index (χ2v) is 5.98. The SMILES string of the molecule is Cc1cccc(-c2cc(-c3ccccc3OCC(=O)O)c(C#N)c(N)n2)c1. The van der Waals surface area contributed by atoms with Crippen molar-refractivity contribution in [3.63, 3.8) is 0 Å². The van der Waals surface area contributed by atoms with Gasteiger partial charge in [-0.05, 0) is 25.1 Å². The van der Waals surface area contributed by atoms with Crippen molar-refractivity contribution in [2.24, 2.45) is 0 Å². The number of nitrogens with zero attached hydrogens (tertiary/aromatic N) is 2. The van der Waals surface area contributed by atoms with Gasteiger partial charge in [-0.3, -0.25) is 0 Å². The number of rotatable bonds is 5. The Kier molecular flexibility index (Phi) is 5.04. The Hall–Kier alpha value is -3.85. The van der Waals surface area contributed by atoms with Crippen LogP contribution >= 0.6 is 0 Å². The summed E-state index contributed by atoms with van der Waals surface area (Å²) in [6.45, 7) is 1.50. The lowest BCUT2D eigenvalue weighted by atomic mass is 9.97. The van der Waals surface area contributed by atoms with Crippen molar-refractivity contribution in [3.05, 3.63) is 65.7 Å². The maximum absolute atomic E-state index is 10.9. The highest BCUT2D eigenvalue weighted by Gasteiger charge is 2.17. The molecule has 0 aliphatic rings. The Morgan fingerprint density at radius 2 is 1.96 bits per heavy atom. The third-order valence-electron chi connectivity index (χ3n) is 4.00. The van der Waals surface area contributed by atoms with Crippen LogP contribution in [0.2, 0.25) is 0 Å². The van der Waals surface area contributed by atoms with Gasteiger partial charge in [-0.25, -0.2) is 9.78 Å². The number of nitrogens with two attached hydrogens (primary N) is 1. The van der Waals surface area contributed by atoms with E-state index in [0.717, 1.165) is 11.1 Å². The van der Waals surface area contributed by atoms with Gasteiger partial charge in [-0.1, -0.05) is 42.0 Å². The molecule has 0 atom stereocenters. The van der Waals surface area contributed by atoms with E-state index in [-0.39, 0.29) is 11.4 Å². The average Bonchev–Trinajstić information content (AvgIpc) is 2.66. The number of aliphatic carboxylic acids is 1. The number of hydrogen-bond donors (Lipinski definition) is 2. The number of carboxylic acid groups (broad SMARTS) is 1. The lowest BCUT2D eigenvalue weighted by molar-refractivity contribution is -0.139. The second-order valence-electron chi connectivity index (χ2n) is 5.98. The monoisotopic (exact) mass is 359 g/mol. The van der Waals surface area contributed by atoms with Crippen molar-refractivity contribution in [1.29, 1.82) is 5.26 Å². The van der Waals surface area contributed by atoms with Crippen molar-refractivity contribution in [2.75, 3.05) is 12.3 Å². The Morgan fingerprint density at radius 3 is 2.67 bits per heavy atom. The van der Waals surface area contributed by atoms with E-state index in [0.29, 0.717) is 22.6 Å². The van der Waals surface area contributed by atoms with E-state index in [9.17, 15) is 10.1 Å². The Labute approximate surface area is 156 Å². The summed E-state index contributed by atoms with van der Waals surface area (Å²) in [5.74, 6) is -0.614. The molecular formula is C21H17N3O3. The first-order chi connectivity index (χ1) is 13.0. The fourth-order valence-electron chi connectivity index (χ4n) is 2.80. The minimum absolute atomic E-state index is 0.111. The van der Waals surface area contributed by atoms with Gasteiger partial charge in [-0.2, -0.15) is 5.26 Å². The van der Waals surface area contributed by atoms with Gasteiger partial charge >= 0.3 is 5.97 Å². The molecule has 0 saturated carbocycles. The normalized spacial score (nSPS) is 10.2. The number of pyridine rings is 1. The number of carbonyl (C=O) groups is 1. The van der Waals surface area contributed by atoms with Crippen LogP contribution in [-0.2, 0) is 4.79 Å². The van der Waals surface area contributed by atoms with Crippen molar-refractivity contribution in [1.82, 2.24) is 4.98 Å². The summed E-state index contributed by atoms with van der Waals surface area (Å²) in [4.78, 5) is 15.2. The number of hydrogen-bond acceptors (Lipinski definition) is 5. The van der Waals surface area contributed by atoms with Crippen LogP contribution in [0.1, 0.15) is 11.1 Å². The molecule has 0 unspecified atom stereocenters. The van der Waals surface area contributed by atoms with E-state index in [1.54, 1.807) is 30.3 Å². The molecule has 0 aliphatic heterocycles. The van der Waals surface area contributed by atoms with Gasteiger partial charge in [0, 0.05) is 16.7 Å². The van der Waals surface area contributed by atoms with E-state index in [1.165, 1.54) is 0 Å². The predicted octanol–water partition coefficient (Wildman–Crippen LogP) is 3.64. The van der Waals surface area contributed by atoms with Gasteiger partial charge in [0.15, 0.2) is 6.61 Å². The number of carboxylic acids is 1. The number of para-hydroxylation sites is 1. The molecule has 0 spiro atoms. The molecule has 3 rings (SSSR count). The summed E-state index contributed by atoms with van der Waals surface area (Å²) in [7, 11) is 0. The molecule has 6 nitrogen and oxygen atoms in total. The molecular weight excluding hydrogens is 342 g/mol. The van der Waals surface area contributed by atoms with Gasteiger partial charge < -0.3 is 15.6 Å². The summed E-state index contributed by atoms with van der Waals surface area (Å²) in [6.07, 6.45) is 0. The maximum atomic E-state index is 10.9. The standard InChI is InChI=1S/C21H17N3O3/c1-13-5-4-6-14(9-13)18-10-16(17(11-22)21(23)24-18)15-7-2-3-8-19(15)27-12-20(25)26/h2-10H,12H2,1H3,(H2,23,24)(H,25,26). The highest BCUT2D eigenvalue weighted by molar-refractivity contribution is 5.83. The minimum Gasteiger partial charge on any atom is -0.481 e. The number of nitrogen functional groups attached to an aromatic ring is 1. The first-order valence-corrected chi connectivity index (χ1v) is 8.21. The number of anilines is 1. The van der Waals surface area contributed by atoms with Gasteiger partial charge in [-0.15, -0.1) is 0 Å². The van der Waals surface area contributed by atoms with Gasteiger partial charge in [0.1, 0.15) is 23.2 Å². The summed E-state index contributed by atoms with van der Waals surface area (Å²) < 4.78 is 5.39. The second kappa shape index (κ2) is 7.58. The zero-order chi connectivity index (χ0) is 19.4. The third-order valence-corrected chi connectivity index (χ3v) is 4.00. The largest absolute Gasteiger partial charge is 0.481 e. The molecule has 0 bridgehead atoms. The molecule has 0 amide bonds. The van der Waals surface area contributed by atoms with Crippen LogP contribution in [-0.4, -0.2) is 22.7 Å². The first-order valence-electron chi connectivity index (χ1n) is 8.21. The molecule has 0 radical (unpaired) electrons. The number of aromatic nitrogens is 1. The van der Waals surface area contributed by atoms with Crippen LogP contribution in [0.15, 0.2) is 54.6 Å². The Morgan fingerprint density at radius 1 is 1.19 bits per heavy atom. The zero-order valence-electron chi connectivity index (χ0n) is 14.6. The van der Waals surface area contributed by atoms with Crippen molar-refractivity contribution < 1.29 is 14.6 Å². The molecule has 3 N–H and O–H groups in total. The van der Waals surface area contributed by atoms with Crippen LogP contribution in [0.25, 0.3) is 22.4 Å². The number of ether oxygens (including phenoxy) is 1. The van der Waals surface area contributed by atoms with Gasteiger partial charge in [0.2, 0.25) is 0 Å². The number of nitriles is 1. The smallest absolute Gasteiger partial charge is 0.341 e. The summed E-state index contributed by atoms with van der Waals surface area (Å²) in [5, 5.41) is 18.5. The Balaban J connectivity index is 2.18. The molecule has 0 fully saturated rings. The fraction of sp³-hybridized carbons (Fsp3) is 0.0952. The predicted molar refractivity (Wildman–Crippen MR) is 102 cm³/mol. The summed E-state index contributed by atoms with van der Waals surface area (Å²) in [5.41, 5.74) is 9.96. The van der Waals surface area contributed by atoms with E-state index < -0.39 is 12.6 Å². The lowest BCUT2D eigenvalue weighted by Crippen LogP contribution is -2.10. The minimum atomic E-state index is -1.08. The fourth-order valence-corrected chi connectivity index (χ4v) is 2.80. The highest BCUT2D eigenvalue weighted by Crippen LogP contribution is 2.36. The molecule has 2 aromatic carbocycles. The Bertz CT molecular complexity index is 1050. The van der Waals surface area contributed by atoms with E-state index >= 15 is 0 Å². The summed E-state index contributed by atoms with van der Waals surface area (Å²) in [6, 6.07) is 18.6. The highest BCUT2D eigenvalue weighted by atomic mass is 16.5. The lowest BCUT2D eigenvalue weighted by Gasteiger charge is -2.14. The topological polar surface area (TPSA) is 109 Å². The van der Waals surface area contributed by atoms with E-state index in [1.807, 2.05) is 31.2 Å².